The van der Waals surface area contributed by atoms with Gasteiger partial charge < -0.3 is 19.3 Å². The molecule has 8 atom stereocenters. The standard InChI is InChI=1S/C30H39ClN6O4/c1-3-24(38)37-16-15-36(17-19(37)11-13-32)28-22-10-12-30(26(31)21-8-4-5-9-23(21)41-30)27(39)25(22)33-29(34-28)40-18-20-7-6-14-35(20)2/h3-5,8-9,19-20,22,25-26,28-29,33-34H,1,6-7,10-12,14-18H2,2H3/t19?,20?,22?,25?,26?,28?,29?,30-/m0/s1. The van der Waals surface area contributed by atoms with Gasteiger partial charge in [-0.25, -0.2) is 0 Å². The van der Waals surface area contributed by atoms with Crippen molar-refractivity contribution in [2.75, 3.05) is 39.8 Å². The highest BCUT2D eigenvalue weighted by atomic mass is 35.5. The Hall–Kier alpha value is -2.52. The molecule has 4 aliphatic heterocycles. The third kappa shape index (κ3) is 5.07. The molecular weight excluding hydrogens is 544 g/mol. The number of amides is 1. The maximum atomic E-state index is 14.4. The second-order valence-electron chi connectivity index (χ2n) is 12.0. The number of piperazine rings is 1. The molecule has 1 aromatic carbocycles. The Labute approximate surface area is 246 Å². The fourth-order valence-corrected chi connectivity index (χ4v) is 7.92. The van der Waals surface area contributed by atoms with E-state index < -0.39 is 23.4 Å². The molecule has 1 amide bonds. The number of likely N-dealkylation sites (N-methyl/N-ethyl adjacent to an activating group) is 1. The number of carbonyl (C=O) groups is 2. The van der Waals surface area contributed by atoms with E-state index in [1.165, 1.54) is 6.08 Å². The number of halogens is 1. The van der Waals surface area contributed by atoms with Crippen molar-refractivity contribution in [3.8, 4) is 11.8 Å². The van der Waals surface area contributed by atoms with Gasteiger partial charge in [-0.3, -0.25) is 25.1 Å². The quantitative estimate of drug-likeness (QED) is 0.384. The van der Waals surface area contributed by atoms with E-state index >= 15 is 0 Å². The van der Waals surface area contributed by atoms with Crippen LogP contribution in [0.3, 0.4) is 0 Å². The van der Waals surface area contributed by atoms with Crippen LogP contribution >= 0.6 is 11.6 Å². The molecule has 41 heavy (non-hydrogen) atoms. The van der Waals surface area contributed by atoms with Crippen LogP contribution in [-0.2, 0) is 14.3 Å². The minimum absolute atomic E-state index is 0.0444. The maximum Gasteiger partial charge on any atom is 0.246 e. The predicted octanol–water partition coefficient (Wildman–Crippen LogP) is 1.97. The summed E-state index contributed by atoms with van der Waals surface area (Å²) in [6, 6.07) is 9.41. The molecule has 3 saturated heterocycles. The Morgan fingerprint density at radius 3 is 2.83 bits per heavy atom. The number of nitrogens with zero attached hydrogens (tertiary/aromatic N) is 4. The molecule has 6 rings (SSSR count). The number of hydrogen-bond donors (Lipinski definition) is 2. The van der Waals surface area contributed by atoms with Crippen molar-refractivity contribution in [3.63, 3.8) is 0 Å². The van der Waals surface area contributed by atoms with Gasteiger partial charge in [0, 0.05) is 37.2 Å². The summed E-state index contributed by atoms with van der Waals surface area (Å²) in [4.78, 5) is 33.3. The molecule has 220 valence electrons. The van der Waals surface area contributed by atoms with Crippen LogP contribution in [-0.4, -0.2) is 102 Å². The van der Waals surface area contributed by atoms with Gasteiger partial charge in [0.1, 0.15) is 11.1 Å². The van der Waals surface area contributed by atoms with Crippen LogP contribution in [0, 0.1) is 17.2 Å². The molecule has 0 aromatic heterocycles. The topological polar surface area (TPSA) is 110 Å². The van der Waals surface area contributed by atoms with Crippen molar-refractivity contribution >= 4 is 23.3 Å². The number of ether oxygens (including phenoxy) is 2. The Bertz CT molecular complexity index is 1230. The summed E-state index contributed by atoms with van der Waals surface area (Å²) >= 11 is 6.99. The number of likely N-dealkylation sites (tertiary alicyclic amines) is 1. The molecule has 7 unspecified atom stereocenters. The van der Waals surface area contributed by atoms with E-state index in [1.54, 1.807) is 4.90 Å². The van der Waals surface area contributed by atoms with Gasteiger partial charge >= 0.3 is 0 Å². The normalized spacial score (nSPS) is 37.3. The third-order valence-electron chi connectivity index (χ3n) is 9.75. The molecule has 0 bridgehead atoms. The van der Waals surface area contributed by atoms with E-state index in [1.807, 2.05) is 24.3 Å². The largest absolute Gasteiger partial charge is 0.477 e. The zero-order valence-corrected chi connectivity index (χ0v) is 24.3. The van der Waals surface area contributed by atoms with Crippen molar-refractivity contribution in [3.05, 3.63) is 42.5 Å². The monoisotopic (exact) mass is 582 g/mol. The highest BCUT2D eigenvalue weighted by Crippen LogP contribution is 2.53. The van der Waals surface area contributed by atoms with Crippen LogP contribution in [0.2, 0.25) is 0 Å². The van der Waals surface area contributed by atoms with Crippen molar-refractivity contribution in [2.24, 2.45) is 5.92 Å². The van der Waals surface area contributed by atoms with Gasteiger partial charge in [0.2, 0.25) is 5.91 Å². The molecule has 10 nitrogen and oxygen atoms in total. The maximum absolute atomic E-state index is 14.4. The van der Waals surface area contributed by atoms with Crippen LogP contribution in [0.15, 0.2) is 36.9 Å². The van der Waals surface area contributed by atoms with Crippen molar-refractivity contribution in [2.45, 2.75) is 73.7 Å². The molecular formula is C30H39ClN6O4. The zero-order valence-electron chi connectivity index (χ0n) is 23.5. The second kappa shape index (κ2) is 11.6. The molecule has 5 aliphatic rings. The lowest BCUT2D eigenvalue weighted by molar-refractivity contribution is -0.158. The summed E-state index contributed by atoms with van der Waals surface area (Å²) < 4.78 is 12.8. The van der Waals surface area contributed by atoms with Gasteiger partial charge in [-0.2, -0.15) is 5.26 Å². The number of benzene rings is 1. The lowest BCUT2D eigenvalue weighted by atomic mass is 9.70. The summed E-state index contributed by atoms with van der Waals surface area (Å²) in [5.74, 6) is 0.396. The van der Waals surface area contributed by atoms with Gasteiger partial charge in [0.15, 0.2) is 17.7 Å². The van der Waals surface area contributed by atoms with Crippen molar-refractivity contribution < 1.29 is 19.1 Å². The van der Waals surface area contributed by atoms with E-state index in [4.69, 9.17) is 21.1 Å². The number of Topliss-reactive ketones (excluding diaryl/α,β-unsaturated/α-hetero) is 1. The van der Waals surface area contributed by atoms with Gasteiger partial charge in [0.25, 0.3) is 0 Å². The Morgan fingerprint density at radius 1 is 1.27 bits per heavy atom. The van der Waals surface area contributed by atoms with Crippen molar-refractivity contribution in [1.82, 2.24) is 25.3 Å². The molecule has 4 heterocycles. The molecule has 2 N–H and O–H groups in total. The highest BCUT2D eigenvalue weighted by Gasteiger charge is 2.61. The van der Waals surface area contributed by atoms with Crippen LogP contribution in [0.25, 0.3) is 0 Å². The summed E-state index contributed by atoms with van der Waals surface area (Å²) in [5, 5.41) is 16.1. The number of ketones is 1. The molecule has 1 spiro atoms. The summed E-state index contributed by atoms with van der Waals surface area (Å²) in [7, 11) is 2.12. The molecule has 1 aliphatic carbocycles. The number of nitriles is 1. The number of fused-ring (bicyclic) bond motifs is 2. The first-order chi connectivity index (χ1) is 19.9. The second-order valence-corrected chi connectivity index (χ2v) is 12.4. The smallest absolute Gasteiger partial charge is 0.246 e. The summed E-state index contributed by atoms with van der Waals surface area (Å²) in [6.07, 6.45) is 4.25. The SMILES string of the molecule is C=CC(=O)N1CCN(C2NC(OCC3CCCN3C)NC3C(=O)[C@@]4(CCC32)Oc2ccccc2C4Cl)CC1CC#N. The number of carbonyl (C=O) groups excluding carboxylic acids is 2. The Kier molecular flexibility index (Phi) is 8.11. The van der Waals surface area contributed by atoms with E-state index in [0.29, 0.717) is 50.9 Å². The Morgan fingerprint density at radius 2 is 2.10 bits per heavy atom. The Balaban J connectivity index is 1.25. The number of para-hydroxylation sites is 1. The van der Waals surface area contributed by atoms with Gasteiger partial charge in [-0.15, -0.1) is 11.6 Å². The molecule has 0 radical (unpaired) electrons. The zero-order chi connectivity index (χ0) is 28.7. The number of hydrogen-bond acceptors (Lipinski definition) is 9. The van der Waals surface area contributed by atoms with Gasteiger partial charge in [0.05, 0.1) is 37.3 Å². The first-order valence-electron chi connectivity index (χ1n) is 14.7. The highest BCUT2D eigenvalue weighted by molar-refractivity contribution is 6.25. The number of alkyl halides is 1. The first kappa shape index (κ1) is 28.6. The van der Waals surface area contributed by atoms with Crippen LogP contribution < -0.4 is 15.4 Å². The van der Waals surface area contributed by atoms with E-state index in [9.17, 15) is 14.9 Å². The lowest BCUT2D eigenvalue weighted by Gasteiger charge is -2.54. The number of nitrogens with one attached hydrogen (secondary N) is 2. The molecule has 4 fully saturated rings. The predicted molar refractivity (Wildman–Crippen MR) is 153 cm³/mol. The average molecular weight is 583 g/mol. The van der Waals surface area contributed by atoms with E-state index in [2.05, 4.69) is 40.1 Å². The minimum atomic E-state index is -1.13. The van der Waals surface area contributed by atoms with Crippen molar-refractivity contribution in [1.29, 1.82) is 5.26 Å². The minimum Gasteiger partial charge on any atom is -0.477 e. The van der Waals surface area contributed by atoms with Gasteiger partial charge in [-0.1, -0.05) is 24.8 Å². The van der Waals surface area contributed by atoms with E-state index in [-0.39, 0.29) is 36.2 Å². The molecule has 1 aromatic rings. The average Bonchev–Trinajstić information content (AvgIpc) is 3.53. The third-order valence-corrected chi connectivity index (χ3v) is 10.3. The summed E-state index contributed by atoms with van der Waals surface area (Å²) in [6.45, 7) is 6.85. The van der Waals surface area contributed by atoms with E-state index in [0.717, 1.165) is 24.9 Å². The van der Waals surface area contributed by atoms with Crippen LogP contribution in [0.4, 0.5) is 0 Å². The van der Waals surface area contributed by atoms with Crippen LogP contribution in [0.1, 0.15) is 43.0 Å². The fourth-order valence-electron chi connectivity index (χ4n) is 7.48. The number of rotatable bonds is 6. The van der Waals surface area contributed by atoms with Gasteiger partial charge in [-0.05, 0) is 51.4 Å². The summed E-state index contributed by atoms with van der Waals surface area (Å²) in [5.41, 5.74) is -0.276. The molecule has 11 heteroatoms. The first-order valence-corrected chi connectivity index (χ1v) is 15.1. The van der Waals surface area contributed by atoms with Crippen LogP contribution in [0.5, 0.6) is 5.75 Å². The molecule has 1 saturated carbocycles. The lowest BCUT2D eigenvalue weighted by Crippen LogP contribution is -2.76. The fraction of sp³-hybridized carbons (Fsp3) is 0.633.